The zero-order valence-electron chi connectivity index (χ0n) is 12.6. The van der Waals surface area contributed by atoms with Gasteiger partial charge in [0.05, 0.1) is 11.9 Å². The molecular weight excluding hydrogens is 294 g/mol. The molecule has 0 bridgehead atoms. The molecule has 23 heavy (non-hydrogen) atoms. The first-order valence-corrected chi connectivity index (χ1v) is 7.67. The smallest absolute Gasteiger partial charge is 0.248 e. The summed E-state index contributed by atoms with van der Waals surface area (Å²) in [5, 5.41) is 7.07. The van der Waals surface area contributed by atoms with Gasteiger partial charge in [-0.15, -0.1) is 0 Å². The monoisotopic (exact) mass is 311 g/mol. The number of nitrogens with one attached hydrogen (secondary N) is 1. The van der Waals surface area contributed by atoms with Gasteiger partial charge in [-0.25, -0.2) is 0 Å². The van der Waals surface area contributed by atoms with Crippen molar-refractivity contribution in [2.75, 3.05) is 12.1 Å². The van der Waals surface area contributed by atoms with Crippen LogP contribution in [0.15, 0.2) is 36.7 Å². The van der Waals surface area contributed by atoms with Crippen molar-refractivity contribution < 1.29 is 14.3 Å². The lowest BCUT2D eigenvalue weighted by Gasteiger charge is -1.99. The standard InChI is InChI=1S/C17H17N3O3/c21-17(19-14-8-18-20(10-14)9-13-1-2-13)6-4-12-3-5-15-16(7-12)23-11-22-15/h3-8,10,13H,1-2,9,11H2,(H,19,21)/b6-4+. The van der Waals surface area contributed by atoms with Gasteiger partial charge in [0, 0.05) is 18.8 Å². The first-order chi connectivity index (χ1) is 11.3. The van der Waals surface area contributed by atoms with Crippen LogP contribution < -0.4 is 14.8 Å². The third-order valence-corrected chi connectivity index (χ3v) is 3.87. The number of rotatable bonds is 5. The molecule has 1 aliphatic heterocycles. The summed E-state index contributed by atoms with van der Waals surface area (Å²) in [5.74, 6) is 2.00. The van der Waals surface area contributed by atoms with Gasteiger partial charge in [-0.2, -0.15) is 5.10 Å². The van der Waals surface area contributed by atoms with Crippen molar-refractivity contribution in [2.24, 2.45) is 5.92 Å². The summed E-state index contributed by atoms with van der Waals surface area (Å²) >= 11 is 0. The molecule has 1 saturated carbocycles. The second-order valence-corrected chi connectivity index (χ2v) is 5.83. The minimum absolute atomic E-state index is 0.186. The Morgan fingerprint density at radius 3 is 3.09 bits per heavy atom. The van der Waals surface area contributed by atoms with Gasteiger partial charge in [0.25, 0.3) is 0 Å². The lowest BCUT2D eigenvalue weighted by Crippen LogP contribution is -2.07. The third-order valence-electron chi connectivity index (χ3n) is 3.87. The summed E-state index contributed by atoms with van der Waals surface area (Å²) in [6.07, 6.45) is 9.33. The number of nitrogens with zero attached hydrogens (tertiary/aromatic N) is 2. The summed E-state index contributed by atoms with van der Waals surface area (Å²) < 4.78 is 12.5. The molecular formula is C17H17N3O3. The highest BCUT2D eigenvalue weighted by Gasteiger charge is 2.22. The second-order valence-electron chi connectivity index (χ2n) is 5.83. The SMILES string of the molecule is O=C(/C=C/c1ccc2c(c1)OCO2)Nc1cnn(CC2CC2)c1. The van der Waals surface area contributed by atoms with Crippen LogP contribution >= 0.6 is 0 Å². The predicted molar refractivity (Wildman–Crippen MR) is 85.2 cm³/mol. The number of carbonyl (C=O) groups is 1. The molecule has 0 radical (unpaired) electrons. The first kappa shape index (κ1) is 13.9. The van der Waals surface area contributed by atoms with E-state index < -0.39 is 0 Å². The number of benzene rings is 1. The van der Waals surface area contributed by atoms with Crippen molar-refractivity contribution in [1.29, 1.82) is 0 Å². The number of anilines is 1. The molecule has 0 unspecified atom stereocenters. The molecule has 1 aromatic heterocycles. The Kier molecular flexibility index (Phi) is 3.49. The van der Waals surface area contributed by atoms with E-state index in [1.54, 1.807) is 12.3 Å². The van der Waals surface area contributed by atoms with Gasteiger partial charge in [0.15, 0.2) is 11.5 Å². The Hall–Kier alpha value is -2.76. The maximum Gasteiger partial charge on any atom is 0.248 e. The van der Waals surface area contributed by atoms with E-state index in [2.05, 4.69) is 10.4 Å². The lowest BCUT2D eigenvalue weighted by molar-refractivity contribution is -0.111. The first-order valence-electron chi connectivity index (χ1n) is 7.67. The van der Waals surface area contributed by atoms with Crippen LogP contribution in [0.25, 0.3) is 6.08 Å². The van der Waals surface area contributed by atoms with Crippen molar-refractivity contribution in [3.8, 4) is 11.5 Å². The Morgan fingerprint density at radius 2 is 2.22 bits per heavy atom. The molecule has 1 N–H and O–H groups in total. The van der Waals surface area contributed by atoms with Crippen molar-refractivity contribution in [1.82, 2.24) is 9.78 Å². The van der Waals surface area contributed by atoms with Crippen LogP contribution in [0.4, 0.5) is 5.69 Å². The highest BCUT2D eigenvalue weighted by Crippen LogP contribution is 2.33. The van der Waals surface area contributed by atoms with Crippen LogP contribution in [-0.4, -0.2) is 22.5 Å². The van der Waals surface area contributed by atoms with Gasteiger partial charge >= 0.3 is 0 Å². The van der Waals surface area contributed by atoms with E-state index in [1.165, 1.54) is 18.9 Å². The van der Waals surface area contributed by atoms with E-state index in [1.807, 2.05) is 29.1 Å². The van der Waals surface area contributed by atoms with Crippen LogP contribution in [-0.2, 0) is 11.3 Å². The zero-order valence-corrected chi connectivity index (χ0v) is 12.6. The fourth-order valence-electron chi connectivity index (χ4n) is 2.47. The molecule has 1 aliphatic carbocycles. The molecule has 2 heterocycles. The van der Waals surface area contributed by atoms with E-state index >= 15 is 0 Å². The molecule has 4 rings (SSSR count). The van der Waals surface area contributed by atoms with E-state index in [4.69, 9.17) is 9.47 Å². The average Bonchev–Trinajstić information content (AvgIpc) is 3.06. The van der Waals surface area contributed by atoms with Gasteiger partial charge in [-0.05, 0) is 42.5 Å². The molecule has 2 aromatic rings. The van der Waals surface area contributed by atoms with Gasteiger partial charge in [0.2, 0.25) is 12.7 Å². The molecule has 6 heteroatoms. The van der Waals surface area contributed by atoms with E-state index in [9.17, 15) is 4.79 Å². The van der Waals surface area contributed by atoms with E-state index in [0.717, 1.165) is 23.8 Å². The summed E-state index contributed by atoms with van der Waals surface area (Å²) in [4.78, 5) is 12.0. The summed E-state index contributed by atoms with van der Waals surface area (Å²) in [6, 6.07) is 5.56. The van der Waals surface area contributed by atoms with Crippen LogP contribution in [0, 0.1) is 5.92 Å². The number of ether oxygens (including phenoxy) is 2. The van der Waals surface area contributed by atoms with Crippen LogP contribution in [0.3, 0.4) is 0 Å². The lowest BCUT2D eigenvalue weighted by atomic mass is 10.2. The number of hydrogen-bond acceptors (Lipinski definition) is 4. The minimum Gasteiger partial charge on any atom is -0.454 e. The van der Waals surface area contributed by atoms with Gasteiger partial charge in [0.1, 0.15) is 0 Å². The average molecular weight is 311 g/mol. The Labute approximate surface area is 133 Å². The quantitative estimate of drug-likeness (QED) is 0.862. The number of amides is 1. The largest absolute Gasteiger partial charge is 0.454 e. The van der Waals surface area contributed by atoms with Gasteiger partial charge in [-0.1, -0.05) is 6.07 Å². The maximum atomic E-state index is 12.0. The number of hydrogen-bond donors (Lipinski definition) is 1. The topological polar surface area (TPSA) is 65.4 Å². The fraction of sp³-hybridized carbons (Fsp3) is 0.294. The highest BCUT2D eigenvalue weighted by molar-refractivity contribution is 6.01. The van der Waals surface area contributed by atoms with E-state index in [-0.39, 0.29) is 12.7 Å². The number of carbonyl (C=O) groups excluding carboxylic acids is 1. The Morgan fingerprint density at radius 1 is 1.35 bits per heavy atom. The predicted octanol–water partition coefficient (Wildman–Crippen LogP) is 2.67. The maximum absolute atomic E-state index is 12.0. The molecule has 1 aromatic carbocycles. The molecule has 1 fully saturated rings. The van der Waals surface area contributed by atoms with Crippen LogP contribution in [0.2, 0.25) is 0 Å². The third kappa shape index (κ3) is 3.36. The molecule has 1 amide bonds. The zero-order chi connectivity index (χ0) is 15.6. The van der Waals surface area contributed by atoms with Crippen molar-refractivity contribution in [2.45, 2.75) is 19.4 Å². The number of fused-ring (bicyclic) bond motifs is 1. The molecule has 0 spiro atoms. The normalized spacial score (nSPS) is 16.0. The second kappa shape index (κ2) is 5.79. The highest BCUT2D eigenvalue weighted by atomic mass is 16.7. The van der Waals surface area contributed by atoms with Crippen molar-refractivity contribution in [3.05, 3.63) is 42.2 Å². The number of aromatic nitrogens is 2. The molecule has 118 valence electrons. The molecule has 2 aliphatic rings. The Balaban J connectivity index is 1.36. The van der Waals surface area contributed by atoms with Crippen LogP contribution in [0.5, 0.6) is 11.5 Å². The van der Waals surface area contributed by atoms with Gasteiger partial charge in [-0.3, -0.25) is 9.48 Å². The molecule has 6 nitrogen and oxygen atoms in total. The molecule has 0 saturated heterocycles. The minimum atomic E-state index is -0.186. The van der Waals surface area contributed by atoms with Crippen molar-refractivity contribution in [3.63, 3.8) is 0 Å². The molecule has 0 atom stereocenters. The Bertz CT molecular complexity index is 762. The summed E-state index contributed by atoms with van der Waals surface area (Å²) in [6.45, 7) is 1.18. The summed E-state index contributed by atoms with van der Waals surface area (Å²) in [5.41, 5.74) is 1.60. The van der Waals surface area contributed by atoms with E-state index in [0.29, 0.717) is 11.4 Å². The summed E-state index contributed by atoms with van der Waals surface area (Å²) in [7, 11) is 0. The van der Waals surface area contributed by atoms with Gasteiger partial charge < -0.3 is 14.8 Å². The van der Waals surface area contributed by atoms with Crippen LogP contribution in [0.1, 0.15) is 18.4 Å². The van der Waals surface area contributed by atoms with Crippen molar-refractivity contribution >= 4 is 17.7 Å². The fourth-order valence-corrected chi connectivity index (χ4v) is 2.47.